The van der Waals surface area contributed by atoms with Gasteiger partial charge in [-0.3, -0.25) is 9.59 Å². The van der Waals surface area contributed by atoms with Gasteiger partial charge in [0.2, 0.25) is 5.91 Å². The van der Waals surface area contributed by atoms with Crippen molar-refractivity contribution in [1.29, 1.82) is 0 Å². The van der Waals surface area contributed by atoms with Crippen molar-refractivity contribution in [3.05, 3.63) is 0 Å². The maximum Gasteiger partial charge on any atom is 0.223 e. The van der Waals surface area contributed by atoms with Crippen molar-refractivity contribution in [2.45, 2.75) is 39.0 Å². The third-order valence-electron chi connectivity index (χ3n) is 2.41. The molecule has 1 heterocycles. The van der Waals surface area contributed by atoms with E-state index in [1.165, 1.54) is 0 Å². The normalized spacial score (nSPS) is 19.0. The molecule has 0 aromatic carbocycles. The predicted octanol–water partition coefficient (Wildman–Crippen LogP) is 1.37. The number of Topliss-reactive ketones (excluding diaryl/α,β-unsaturated/α-hetero) is 1. The highest BCUT2D eigenvalue weighted by molar-refractivity contribution is 5.87. The molecule has 0 unspecified atom stereocenters. The maximum atomic E-state index is 11.4. The van der Waals surface area contributed by atoms with Gasteiger partial charge in [0.1, 0.15) is 5.78 Å². The van der Waals surface area contributed by atoms with Gasteiger partial charge in [-0.15, -0.1) is 0 Å². The minimum atomic E-state index is 0.152. The topological polar surface area (TPSA) is 37.4 Å². The van der Waals surface area contributed by atoms with Crippen molar-refractivity contribution in [3.8, 4) is 0 Å². The second kappa shape index (κ2) is 5.00. The highest BCUT2D eigenvalue weighted by Gasteiger charge is 2.19. The molecule has 0 saturated carbocycles. The number of ketones is 1. The molecule has 1 rings (SSSR count). The van der Waals surface area contributed by atoms with Crippen LogP contribution in [-0.4, -0.2) is 29.7 Å². The van der Waals surface area contributed by atoms with Crippen molar-refractivity contribution in [1.82, 2.24) is 4.90 Å². The standard InChI is InChI=1S/C10H17NO2/c1-2-3-7-11-8-6-9(12)4-5-10(11)13/h2-8H2,1H3. The number of unbranched alkanes of at least 4 members (excludes halogenated alkanes) is 1. The lowest BCUT2D eigenvalue weighted by Crippen LogP contribution is -2.31. The Morgan fingerprint density at radius 2 is 2.00 bits per heavy atom. The molecule has 1 aliphatic rings. The van der Waals surface area contributed by atoms with E-state index in [0.29, 0.717) is 25.8 Å². The smallest absolute Gasteiger partial charge is 0.223 e. The molecule has 13 heavy (non-hydrogen) atoms. The first-order valence-corrected chi connectivity index (χ1v) is 5.03. The monoisotopic (exact) mass is 183 g/mol. The number of rotatable bonds is 3. The highest BCUT2D eigenvalue weighted by Crippen LogP contribution is 2.09. The lowest BCUT2D eigenvalue weighted by molar-refractivity contribution is -0.131. The van der Waals surface area contributed by atoms with E-state index < -0.39 is 0 Å². The van der Waals surface area contributed by atoms with Crippen molar-refractivity contribution >= 4 is 11.7 Å². The third kappa shape index (κ3) is 3.17. The fourth-order valence-electron chi connectivity index (χ4n) is 1.50. The minimum Gasteiger partial charge on any atom is -0.342 e. The molecule has 1 saturated heterocycles. The van der Waals surface area contributed by atoms with E-state index in [2.05, 4.69) is 6.92 Å². The third-order valence-corrected chi connectivity index (χ3v) is 2.41. The molecule has 74 valence electrons. The van der Waals surface area contributed by atoms with Crippen LogP contribution in [0.25, 0.3) is 0 Å². The zero-order valence-electron chi connectivity index (χ0n) is 8.21. The summed E-state index contributed by atoms with van der Waals surface area (Å²) < 4.78 is 0. The van der Waals surface area contributed by atoms with E-state index in [1.54, 1.807) is 0 Å². The van der Waals surface area contributed by atoms with Gasteiger partial charge in [0.25, 0.3) is 0 Å². The first kappa shape index (κ1) is 10.2. The van der Waals surface area contributed by atoms with Crippen molar-refractivity contribution in [3.63, 3.8) is 0 Å². The van der Waals surface area contributed by atoms with Crippen molar-refractivity contribution in [2.75, 3.05) is 13.1 Å². The number of amides is 1. The van der Waals surface area contributed by atoms with Crippen LogP contribution in [0.5, 0.6) is 0 Å². The maximum absolute atomic E-state index is 11.4. The van der Waals surface area contributed by atoms with Crippen LogP contribution < -0.4 is 0 Å². The first-order chi connectivity index (χ1) is 6.24. The molecule has 3 heteroatoms. The second-order valence-corrected chi connectivity index (χ2v) is 3.52. The minimum absolute atomic E-state index is 0.152. The van der Waals surface area contributed by atoms with E-state index in [0.717, 1.165) is 19.4 Å². The summed E-state index contributed by atoms with van der Waals surface area (Å²) in [6.45, 7) is 3.56. The van der Waals surface area contributed by atoms with Gasteiger partial charge < -0.3 is 4.90 Å². The summed E-state index contributed by atoms with van der Waals surface area (Å²) >= 11 is 0. The highest BCUT2D eigenvalue weighted by atomic mass is 16.2. The Morgan fingerprint density at radius 3 is 2.69 bits per heavy atom. The number of hydrogen-bond donors (Lipinski definition) is 0. The molecule has 0 aromatic heterocycles. The molecular weight excluding hydrogens is 166 g/mol. The zero-order chi connectivity index (χ0) is 9.68. The van der Waals surface area contributed by atoms with E-state index in [1.807, 2.05) is 4.90 Å². The second-order valence-electron chi connectivity index (χ2n) is 3.52. The lowest BCUT2D eigenvalue weighted by Gasteiger charge is -2.19. The fraction of sp³-hybridized carbons (Fsp3) is 0.800. The molecule has 0 aliphatic carbocycles. The SMILES string of the molecule is CCCCN1CCC(=O)CCC1=O. The van der Waals surface area contributed by atoms with Gasteiger partial charge in [0, 0.05) is 32.4 Å². The number of nitrogens with zero attached hydrogens (tertiary/aromatic N) is 1. The molecule has 0 bridgehead atoms. The molecule has 1 fully saturated rings. The van der Waals surface area contributed by atoms with Crippen LogP contribution in [0.3, 0.4) is 0 Å². The zero-order valence-corrected chi connectivity index (χ0v) is 8.21. The Bertz CT molecular complexity index is 201. The molecule has 3 nitrogen and oxygen atoms in total. The van der Waals surface area contributed by atoms with Gasteiger partial charge in [-0.25, -0.2) is 0 Å². The van der Waals surface area contributed by atoms with Crippen LogP contribution in [-0.2, 0) is 9.59 Å². The summed E-state index contributed by atoms with van der Waals surface area (Å²) in [5.74, 6) is 0.381. The van der Waals surface area contributed by atoms with Crippen LogP contribution in [0.2, 0.25) is 0 Å². The Hall–Kier alpha value is -0.860. The van der Waals surface area contributed by atoms with E-state index in [4.69, 9.17) is 0 Å². The Kier molecular flexibility index (Phi) is 3.93. The van der Waals surface area contributed by atoms with Crippen molar-refractivity contribution < 1.29 is 9.59 Å². The van der Waals surface area contributed by atoms with Crippen LogP contribution in [0.1, 0.15) is 39.0 Å². The first-order valence-electron chi connectivity index (χ1n) is 5.03. The average Bonchev–Trinajstić information content (AvgIpc) is 2.28. The molecular formula is C10H17NO2. The largest absolute Gasteiger partial charge is 0.342 e. The lowest BCUT2D eigenvalue weighted by atomic mass is 10.2. The van der Waals surface area contributed by atoms with Gasteiger partial charge in [-0.05, 0) is 6.42 Å². The molecule has 0 spiro atoms. The Morgan fingerprint density at radius 1 is 1.23 bits per heavy atom. The van der Waals surface area contributed by atoms with Crippen LogP contribution in [0.4, 0.5) is 0 Å². The van der Waals surface area contributed by atoms with Gasteiger partial charge in [-0.1, -0.05) is 13.3 Å². The average molecular weight is 183 g/mol. The summed E-state index contributed by atoms with van der Waals surface area (Å²) in [4.78, 5) is 24.3. The number of hydrogen-bond acceptors (Lipinski definition) is 2. The van der Waals surface area contributed by atoms with E-state index in [9.17, 15) is 9.59 Å². The van der Waals surface area contributed by atoms with Crippen LogP contribution in [0.15, 0.2) is 0 Å². The molecule has 0 atom stereocenters. The number of likely N-dealkylation sites (tertiary alicyclic amines) is 1. The molecule has 0 radical (unpaired) electrons. The molecule has 0 aromatic rings. The Labute approximate surface area is 79.1 Å². The van der Waals surface area contributed by atoms with Gasteiger partial charge >= 0.3 is 0 Å². The summed E-state index contributed by atoms with van der Waals surface area (Å²) in [5, 5.41) is 0. The van der Waals surface area contributed by atoms with Crippen LogP contribution in [0, 0.1) is 0 Å². The summed E-state index contributed by atoms with van der Waals surface area (Å²) in [5.41, 5.74) is 0. The summed E-state index contributed by atoms with van der Waals surface area (Å²) in [6, 6.07) is 0. The van der Waals surface area contributed by atoms with E-state index in [-0.39, 0.29) is 11.7 Å². The number of carbonyl (C=O) groups is 2. The Balaban J connectivity index is 2.42. The van der Waals surface area contributed by atoms with Crippen molar-refractivity contribution in [2.24, 2.45) is 0 Å². The van der Waals surface area contributed by atoms with E-state index >= 15 is 0 Å². The van der Waals surface area contributed by atoms with Crippen LogP contribution >= 0.6 is 0 Å². The summed E-state index contributed by atoms with van der Waals surface area (Å²) in [7, 11) is 0. The molecule has 1 aliphatic heterocycles. The predicted molar refractivity (Wildman–Crippen MR) is 50.3 cm³/mol. The number of carbonyl (C=O) groups excluding carboxylic acids is 2. The van der Waals surface area contributed by atoms with Gasteiger partial charge in [0.05, 0.1) is 0 Å². The fourth-order valence-corrected chi connectivity index (χ4v) is 1.50. The quantitative estimate of drug-likeness (QED) is 0.662. The molecule has 1 amide bonds. The molecule has 0 N–H and O–H groups in total. The van der Waals surface area contributed by atoms with Gasteiger partial charge in [-0.2, -0.15) is 0 Å². The van der Waals surface area contributed by atoms with Gasteiger partial charge in [0.15, 0.2) is 0 Å². The summed E-state index contributed by atoms with van der Waals surface area (Å²) in [6.07, 6.45) is 3.55.